The maximum absolute atomic E-state index is 6.43. The lowest BCUT2D eigenvalue weighted by Gasteiger charge is -2.27. The van der Waals surface area contributed by atoms with Crippen molar-refractivity contribution in [2.24, 2.45) is 0 Å². The van der Waals surface area contributed by atoms with Gasteiger partial charge in [-0.1, -0.05) is 103 Å². The largest absolute Gasteiger partial charge is 0.485 e. The molecule has 0 bridgehead atoms. The third-order valence-corrected chi connectivity index (χ3v) is 9.08. The van der Waals surface area contributed by atoms with Crippen molar-refractivity contribution in [1.82, 2.24) is 9.97 Å². The number of hydrogen-bond donors (Lipinski definition) is 0. The topological polar surface area (TPSA) is 35.0 Å². The zero-order valence-corrected chi connectivity index (χ0v) is 23.1. The van der Waals surface area contributed by atoms with Crippen LogP contribution in [0.25, 0.3) is 65.9 Å². The Morgan fingerprint density at radius 3 is 2.38 bits per heavy atom. The van der Waals surface area contributed by atoms with Gasteiger partial charge in [-0.15, -0.1) is 0 Å². The Labute approximate surface area is 243 Å². The zero-order chi connectivity index (χ0) is 27.8. The molecule has 2 unspecified atom stereocenters. The van der Waals surface area contributed by atoms with Crippen LogP contribution in [0.3, 0.4) is 0 Å². The molecular weight excluding hydrogens is 512 g/mol. The highest BCUT2D eigenvalue weighted by Crippen LogP contribution is 2.50. The predicted octanol–water partition coefficient (Wildman–Crippen LogP) is 9.57. The fraction of sp³-hybridized carbons (Fsp3) is 0.0769. The summed E-state index contributed by atoms with van der Waals surface area (Å²) < 4.78 is 6.43. The van der Waals surface area contributed by atoms with Crippen LogP contribution in [0.5, 0.6) is 5.75 Å². The first-order valence-electron chi connectivity index (χ1n) is 14.5. The number of fused-ring (bicyclic) bond motifs is 9. The summed E-state index contributed by atoms with van der Waals surface area (Å²) in [6, 6.07) is 38.6. The number of allylic oxidation sites excluding steroid dienone is 2. The van der Waals surface area contributed by atoms with Crippen LogP contribution in [-0.4, -0.2) is 16.1 Å². The first-order chi connectivity index (χ1) is 20.7. The van der Waals surface area contributed by atoms with Crippen molar-refractivity contribution in [3.05, 3.63) is 139 Å². The minimum absolute atomic E-state index is 0.00587. The van der Waals surface area contributed by atoms with Crippen LogP contribution < -0.4 is 4.74 Å². The molecule has 2 aliphatic rings. The van der Waals surface area contributed by atoms with Crippen LogP contribution in [0.1, 0.15) is 12.5 Å². The molecule has 2 heterocycles. The van der Waals surface area contributed by atoms with Gasteiger partial charge in [0.15, 0.2) is 0 Å². The molecule has 1 aliphatic carbocycles. The highest BCUT2D eigenvalue weighted by molar-refractivity contribution is 6.08. The number of nitrogens with zero attached hydrogens (tertiary/aromatic N) is 2. The Morgan fingerprint density at radius 2 is 1.45 bits per heavy atom. The molecule has 6 aromatic carbocycles. The summed E-state index contributed by atoms with van der Waals surface area (Å²) in [7, 11) is 0. The summed E-state index contributed by atoms with van der Waals surface area (Å²) in [4.78, 5) is 10.8. The molecule has 3 nitrogen and oxygen atoms in total. The highest BCUT2D eigenvalue weighted by Gasteiger charge is 2.44. The van der Waals surface area contributed by atoms with Gasteiger partial charge in [0.05, 0.1) is 27.8 Å². The average molecular weight is 539 g/mol. The second-order valence-corrected chi connectivity index (χ2v) is 11.5. The van der Waals surface area contributed by atoms with Crippen molar-refractivity contribution in [3.8, 4) is 28.3 Å². The first kappa shape index (κ1) is 23.4. The summed E-state index contributed by atoms with van der Waals surface area (Å²) in [6.45, 7) is 2.27. The maximum Gasteiger partial charge on any atom is 0.130 e. The van der Waals surface area contributed by atoms with E-state index in [1.165, 1.54) is 21.7 Å². The fourth-order valence-corrected chi connectivity index (χ4v) is 6.95. The molecule has 0 saturated heterocycles. The van der Waals surface area contributed by atoms with Crippen molar-refractivity contribution in [2.75, 3.05) is 0 Å². The monoisotopic (exact) mass is 538 g/mol. The molecule has 42 heavy (non-hydrogen) atoms. The third-order valence-electron chi connectivity index (χ3n) is 9.08. The number of benzene rings is 6. The molecule has 0 amide bonds. The Balaban J connectivity index is 1.36. The molecule has 198 valence electrons. The van der Waals surface area contributed by atoms with E-state index in [4.69, 9.17) is 14.7 Å². The van der Waals surface area contributed by atoms with Crippen LogP contribution in [-0.2, 0) is 5.41 Å². The van der Waals surface area contributed by atoms with Crippen LogP contribution in [0.4, 0.5) is 0 Å². The quantitative estimate of drug-likeness (QED) is 0.206. The molecule has 7 aromatic rings. The van der Waals surface area contributed by atoms with E-state index in [1.54, 1.807) is 0 Å². The number of rotatable bonds is 2. The number of aromatic nitrogens is 2. The lowest BCUT2D eigenvalue weighted by atomic mass is 9.74. The smallest absolute Gasteiger partial charge is 0.130 e. The van der Waals surface area contributed by atoms with Crippen molar-refractivity contribution in [2.45, 2.75) is 18.4 Å². The standard InChI is InChI=1S/C39H26N2O/c1-39-22-7-6-15-34(39)42-33-21-19-29-30(35(33)39)13-8-14-31(29)38-36(27-17-16-24-9-2-3-11-26(24)23-27)41-37-28-12-5-4-10-25(28)18-20-32(37)40-38/h2-23,34H,1H3. The van der Waals surface area contributed by atoms with Crippen LogP contribution >= 0.6 is 0 Å². The second-order valence-electron chi connectivity index (χ2n) is 11.5. The van der Waals surface area contributed by atoms with Crippen LogP contribution in [0.2, 0.25) is 0 Å². The lowest BCUT2D eigenvalue weighted by Crippen LogP contribution is -2.33. The van der Waals surface area contributed by atoms with Gasteiger partial charge in [-0.3, -0.25) is 0 Å². The maximum atomic E-state index is 6.43. The van der Waals surface area contributed by atoms with Gasteiger partial charge in [0, 0.05) is 22.1 Å². The third kappa shape index (κ3) is 3.28. The Morgan fingerprint density at radius 1 is 0.643 bits per heavy atom. The molecule has 0 spiro atoms. The summed E-state index contributed by atoms with van der Waals surface area (Å²) >= 11 is 0. The Kier molecular flexibility index (Phi) is 4.80. The van der Waals surface area contributed by atoms with Gasteiger partial charge in [-0.25, -0.2) is 9.97 Å². The van der Waals surface area contributed by atoms with Crippen LogP contribution in [0.15, 0.2) is 133 Å². The van der Waals surface area contributed by atoms with E-state index in [0.29, 0.717) is 0 Å². The Hall–Kier alpha value is -5.28. The van der Waals surface area contributed by atoms with Gasteiger partial charge in [-0.05, 0) is 64.2 Å². The molecule has 9 rings (SSSR count). The van der Waals surface area contributed by atoms with Gasteiger partial charge in [-0.2, -0.15) is 0 Å². The molecule has 1 aromatic heterocycles. The first-order valence-corrected chi connectivity index (χ1v) is 14.5. The van der Waals surface area contributed by atoms with Gasteiger partial charge in [0.25, 0.3) is 0 Å². The molecule has 3 heteroatoms. The molecule has 0 radical (unpaired) electrons. The fourth-order valence-electron chi connectivity index (χ4n) is 6.95. The number of ether oxygens (including phenoxy) is 1. The SMILES string of the molecule is CC12C=CC=CC1Oc1ccc3c(-c4nc5ccc6ccccc6c5nc4-c4ccc5ccccc5c4)cccc3c12. The van der Waals surface area contributed by atoms with E-state index < -0.39 is 0 Å². The van der Waals surface area contributed by atoms with E-state index in [1.807, 2.05) is 0 Å². The highest BCUT2D eigenvalue weighted by atomic mass is 16.5. The molecule has 1 aliphatic heterocycles. The molecule has 2 atom stereocenters. The van der Waals surface area contributed by atoms with E-state index in [0.717, 1.165) is 55.5 Å². The van der Waals surface area contributed by atoms with Gasteiger partial charge >= 0.3 is 0 Å². The minimum atomic E-state index is -0.225. The summed E-state index contributed by atoms with van der Waals surface area (Å²) in [5, 5.41) is 7.01. The summed E-state index contributed by atoms with van der Waals surface area (Å²) in [5.74, 6) is 0.953. The molecule has 0 N–H and O–H groups in total. The lowest BCUT2D eigenvalue weighted by molar-refractivity contribution is 0.228. The van der Waals surface area contributed by atoms with E-state index in [9.17, 15) is 0 Å². The van der Waals surface area contributed by atoms with Crippen molar-refractivity contribution in [3.63, 3.8) is 0 Å². The van der Waals surface area contributed by atoms with Crippen molar-refractivity contribution in [1.29, 1.82) is 0 Å². The normalized spacial score (nSPS) is 18.9. The average Bonchev–Trinajstić information content (AvgIpc) is 3.36. The van der Waals surface area contributed by atoms with Gasteiger partial charge in [0.1, 0.15) is 11.9 Å². The summed E-state index contributed by atoms with van der Waals surface area (Å²) in [6.07, 6.45) is 8.64. The summed E-state index contributed by atoms with van der Waals surface area (Å²) in [5.41, 5.74) is 6.72. The van der Waals surface area contributed by atoms with E-state index >= 15 is 0 Å². The van der Waals surface area contributed by atoms with Crippen molar-refractivity contribution >= 4 is 43.4 Å². The minimum Gasteiger partial charge on any atom is -0.485 e. The molecule has 0 fully saturated rings. The Bertz CT molecular complexity index is 2310. The van der Waals surface area contributed by atoms with Gasteiger partial charge < -0.3 is 4.74 Å². The zero-order valence-electron chi connectivity index (χ0n) is 23.1. The second kappa shape index (κ2) is 8.61. The predicted molar refractivity (Wildman–Crippen MR) is 173 cm³/mol. The molecule has 0 saturated carbocycles. The van der Waals surface area contributed by atoms with Gasteiger partial charge in [0.2, 0.25) is 0 Å². The number of hydrogen-bond acceptors (Lipinski definition) is 3. The van der Waals surface area contributed by atoms with Crippen molar-refractivity contribution < 1.29 is 4.74 Å². The molecular formula is C39H26N2O. The van der Waals surface area contributed by atoms with E-state index in [-0.39, 0.29) is 11.5 Å². The van der Waals surface area contributed by atoms with Crippen LogP contribution in [0, 0.1) is 0 Å². The van der Waals surface area contributed by atoms with E-state index in [2.05, 4.69) is 140 Å².